The van der Waals surface area contributed by atoms with Crippen molar-refractivity contribution in [1.82, 2.24) is 14.5 Å². The molecule has 0 radical (unpaired) electrons. The number of pyridine rings is 2. The first-order chi connectivity index (χ1) is 14.4. The number of nitrogens with zero attached hydrogens (tertiary/aromatic N) is 2. The summed E-state index contributed by atoms with van der Waals surface area (Å²) in [6.07, 6.45) is 1.56. The number of carboxylic acid groups (broad SMARTS) is 1. The number of aromatic amines is 1. The second kappa shape index (κ2) is 7.57. The molecule has 8 nitrogen and oxygen atoms in total. The van der Waals surface area contributed by atoms with Gasteiger partial charge in [0.25, 0.3) is 5.56 Å². The second-order valence-electron chi connectivity index (χ2n) is 6.63. The molecular weight excluding hydrogens is 408 g/mol. The zero-order valence-electron chi connectivity index (χ0n) is 15.8. The van der Waals surface area contributed by atoms with Gasteiger partial charge in [-0.3, -0.25) is 9.78 Å². The third-order valence-electron chi connectivity index (χ3n) is 4.79. The number of nitrogens with two attached hydrogens (primary N) is 1. The van der Waals surface area contributed by atoms with Crippen LogP contribution in [0.3, 0.4) is 0 Å². The van der Waals surface area contributed by atoms with Gasteiger partial charge in [0.15, 0.2) is 5.88 Å². The zero-order valence-corrected chi connectivity index (χ0v) is 16.6. The number of hydrogen-bond donors (Lipinski definition) is 3. The van der Waals surface area contributed by atoms with Crippen LogP contribution in [0.5, 0.6) is 5.88 Å². The number of carboxylic acids is 1. The number of hydrogen-bond acceptors (Lipinski definition) is 5. The fourth-order valence-electron chi connectivity index (χ4n) is 3.53. The number of ether oxygens (including phenoxy) is 1. The van der Waals surface area contributed by atoms with E-state index in [1.165, 1.54) is 13.2 Å². The van der Waals surface area contributed by atoms with Crippen LogP contribution in [-0.2, 0) is 6.54 Å². The zero-order chi connectivity index (χ0) is 21.4. The van der Waals surface area contributed by atoms with E-state index < -0.39 is 11.5 Å². The van der Waals surface area contributed by atoms with Gasteiger partial charge in [-0.1, -0.05) is 11.6 Å². The summed E-state index contributed by atoms with van der Waals surface area (Å²) in [6.45, 7) is 0.223. The van der Waals surface area contributed by atoms with Gasteiger partial charge in [0.05, 0.1) is 12.7 Å². The summed E-state index contributed by atoms with van der Waals surface area (Å²) in [4.78, 5) is 31.6. The molecule has 0 saturated heterocycles. The minimum absolute atomic E-state index is 0.0293. The molecule has 0 aliphatic rings. The van der Waals surface area contributed by atoms with Crippen LogP contribution < -0.4 is 16.0 Å². The molecular formula is C21H17ClN4O4. The Morgan fingerprint density at radius 1 is 1.27 bits per heavy atom. The van der Waals surface area contributed by atoms with Crippen LogP contribution in [-0.4, -0.2) is 32.7 Å². The quantitative estimate of drug-likeness (QED) is 0.451. The van der Waals surface area contributed by atoms with Gasteiger partial charge in [-0.2, -0.15) is 0 Å². The van der Waals surface area contributed by atoms with Gasteiger partial charge in [0.2, 0.25) is 0 Å². The van der Waals surface area contributed by atoms with Crippen molar-refractivity contribution in [2.45, 2.75) is 6.54 Å². The predicted octanol–water partition coefficient (Wildman–Crippen LogP) is 3.38. The van der Waals surface area contributed by atoms with Gasteiger partial charge < -0.3 is 20.1 Å². The summed E-state index contributed by atoms with van der Waals surface area (Å²) < 4.78 is 6.68. The summed E-state index contributed by atoms with van der Waals surface area (Å²) in [5.41, 5.74) is 7.16. The van der Waals surface area contributed by atoms with Crippen LogP contribution in [0.1, 0.15) is 16.1 Å². The average Bonchev–Trinajstić information content (AvgIpc) is 3.01. The van der Waals surface area contributed by atoms with E-state index in [1.54, 1.807) is 47.2 Å². The molecule has 0 fully saturated rings. The van der Waals surface area contributed by atoms with Crippen LogP contribution in [0.4, 0.5) is 5.82 Å². The Kier molecular flexibility index (Phi) is 4.93. The molecule has 0 amide bonds. The van der Waals surface area contributed by atoms with Crippen LogP contribution in [0.2, 0.25) is 5.02 Å². The van der Waals surface area contributed by atoms with Crippen LogP contribution in [0, 0.1) is 0 Å². The molecule has 4 aromatic rings. The van der Waals surface area contributed by atoms with Crippen molar-refractivity contribution < 1.29 is 14.6 Å². The van der Waals surface area contributed by atoms with E-state index in [0.717, 1.165) is 5.56 Å². The highest BCUT2D eigenvalue weighted by Crippen LogP contribution is 2.36. The molecule has 30 heavy (non-hydrogen) atoms. The Bertz CT molecular complexity index is 1340. The molecule has 0 bridgehead atoms. The van der Waals surface area contributed by atoms with E-state index in [9.17, 15) is 14.7 Å². The van der Waals surface area contributed by atoms with Crippen LogP contribution in [0.25, 0.3) is 22.0 Å². The van der Waals surface area contributed by atoms with Crippen molar-refractivity contribution in [1.29, 1.82) is 0 Å². The molecule has 0 aliphatic carbocycles. The number of benzene rings is 1. The monoisotopic (exact) mass is 424 g/mol. The van der Waals surface area contributed by atoms with Crippen LogP contribution >= 0.6 is 11.6 Å². The van der Waals surface area contributed by atoms with E-state index >= 15 is 0 Å². The summed E-state index contributed by atoms with van der Waals surface area (Å²) in [5, 5.41) is 11.1. The molecule has 152 valence electrons. The molecule has 1 aromatic carbocycles. The maximum Gasteiger partial charge on any atom is 0.353 e. The number of methoxy groups -OCH3 is 1. The topological polar surface area (TPSA) is 123 Å². The van der Waals surface area contributed by atoms with Crippen molar-refractivity contribution >= 4 is 34.3 Å². The Balaban J connectivity index is 2.05. The summed E-state index contributed by atoms with van der Waals surface area (Å²) in [7, 11) is 1.43. The maximum atomic E-state index is 12.7. The first-order valence-electron chi connectivity index (χ1n) is 8.92. The molecule has 0 unspecified atom stereocenters. The molecule has 3 aromatic heterocycles. The largest absolute Gasteiger partial charge is 0.482 e. The van der Waals surface area contributed by atoms with E-state index in [1.807, 2.05) is 0 Å². The normalized spacial score (nSPS) is 11.0. The van der Waals surface area contributed by atoms with Crippen molar-refractivity contribution in [2.75, 3.05) is 12.8 Å². The molecule has 4 N–H and O–H groups in total. The van der Waals surface area contributed by atoms with Gasteiger partial charge >= 0.3 is 5.97 Å². The van der Waals surface area contributed by atoms with Gasteiger partial charge in [0, 0.05) is 34.2 Å². The van der Waals surface area contributed by atoms with Crippen molar-refractivity contribution in [3.8, 4) is 17.0 Å². The minimum Gasteiger partial charge on any atom is -0.482 e. The third kappa shape index (κ3) is 3.37. The Labute approximate surface area is 175 Å². The molecule has 0 atom stereocenters. The second-order valence-corrected chi connectivity index (χ2v) is 7.07. The number of halogens is 1. The highest BCUT2D eigenvalue weighted by Gasteiger charge is 2.25. The summed E-state index contributed by atoms with van der Waals surface area (Å²) >= 11 is 6.20. The molecule has 9 heteroatoms. The molecule has 3 heterocycles. The van der Waals surface area contributed by atoms with E-state index in [0.29, 0.717) is 21.7 Å². The smallest absolute Gasteiger partial charge is 0.353 e. The number of nitrogens with one attached hydrogen (secondary N) is 1. The fraction of sp³-hybridized carbons (Fsp3) is 0.0952. The van der Waals surface area contributed by atoms with Crippen molar-refractivity contribution in [2.24, 2.45) is 0 Å². The number of carbonyl (C=O) groups is 1. The number of aromatic carboxylic acids is 1. The number of aromatic nitrogens is 3. The number of nitrogen functional groups attached to an aromatic ring is 1. The first-order valence-corrected chi connectivity index (χ1v) is 9.30. The molecule has 4 rings (SSSR count). The number of rotatable bonds is 5. The van der Waals surface area contributed by atoms with Gasteiger partial charge in [-0.25, -0.2) is 9.78 Å². The Morgan fingerprint density at radius 2 is 2.07 bits per heavy atom. The summed E-state index contributed by atoms with van der Waals surface area (Å²) in [5.74, 6) is -0.570. The number of H-pyrrole nitrogens is 1. The fourth-order valence-corrected chi connectivity index (χ4v) is 3.71. The highest BCUT2D eigenvalue weighted by molar-refractivity contribution is 6.31. The highest BCUT2D eigenvalue weighted by atomic mass is 35.5. The standard InChI is InChI=1S/C21H17ClN4O4/c1-30-17-5-3-13(20(27)25-17)18-14-9-12(22)2-4-15(14)26(19(18)21(28)29)10-11-6-7-24-16(23)8-11/h2-9H,10H2,1H3,(H2,23,24)(H,25,27)(H,28,29). The lowest BCUT2D eigenvalue weighted by Crippen LogP contribution is -2.14. The molecule has 0 aliphatic heterocycles. The van der Waals surface area contributed by atoms with E-state index in [4.69, 9.17) is 22.1 Å². The SMILES string of the molecule is COc1ccc(-c2c(C(=O)O)n(Cc3ccnc(N)c3)c3ccc(Cl)cc23)c(=O)[nH]1. The molecule has 0 saturated carbocycles. The predicted molar refractivity (Wildman–Crippen MR) is 114 cm³/mol. The third-order valence-corrected chi connectivity index (χ3v) is 5.02. The van der Waals surface area contributed by atoms with E-state index in [-0.39, 0.29) is 29.2 Å². The Morgan fingerprint density at radius 3 is 2.73 bits per heavy atom. The van der Waals surface area contributed by atoms with E-state index in [2.05, 4.69) is 9.97 Å². The minimum atomic E-state index is -1.17. The van der Waals surface area contributed by atoms with Gasteiger partial charge in [-0.05, 0) is 48.0 Å². The lowest BCUT2D eigenvalue weighted by atomic mass is 10.0. The number of fused-ring (bicyclic) bond motifs is 1. The van der Waals surface area contributed by atoms with Gasteiger partial charge in [0.1, 0.15) is 11.5 Å². The average molecular weight is 425 g/mol. The summed E-state index contributed by atoms with van der Waals surface area (Å²) in [6, 6.07) is 11.6. The first kappa shape index (κ1) is 19.5. The van der Waals surface area contributed by atoms with Crippen molar-refractivity contribution in [3.05, 3.63) is 75.3 Å². The lowest BCUT2D eigenvalue weighted by molar-refractivity contribution is 0.0687. The van der Waals surface area contributed by atoms with Gasteiger partial charge in [-0.15, -0.1) is 0 Å². The molecule has 0 spiro atoms. The Hall–Kier alpha value is -3.78. The lowest BCUT2D eigenvalue weighted by Gasteiger charge is -2.10. The number of anilines is 1. The van der Waals surface area contributed by atoms with Crippen LogP contribution in [0.15, 0.2) is 53.5 Å². The maximum absolute atomic E-state index is 12.7. The van der Waals surface area contributed by atoms with Crippen molar-refractivity contribution in [3.63, 3.8) is 0 Å².